The van der Waals surface area contributed by atoms with Crippen LogP contribution in [0.2, 0.25) is 0 Å². The first-order chi connectivity index (χ1) is 18.5. The lowest BCUT2D eigenvalue weighted by atomic mass is 10.0. The lowest BCUT2D eigenvalue weighted by Gasteiger charge is -2.34. The van der Waals surface area contributed by atoms with Gasteiger partial charge in [-0.1, -0.05) is 48.5 Å². The summed E-state index contributed by atoms with van der Waals surface area (Å²) >= 11 is 0. The van der Waals surface area contributed by atoms with Gasteiger partial charge in [0.25, 0.3) is 0 Å². The van der Waals surface area contributed by atoms with Crippen LogP contribution in [-0.4, -0.2) is 57.1 Å². The SMILES string of the molecule is COc1cccc(CN(C(=O)CN(c2cccc(F)c2)S(C)(=O)=O)[C@@H](Cc2ccccc2)C(=O)NC(C)C)c1. The van der Waals surface area contributed by atoms with E-state index in [2.05, 4.69) is 5.32 Å². The highest BCUT2D eigenvalue weighted by molar-refractivity contribution is 7.92. The number of anilines is 1. The molecule has 39 heavy (non-hydrogen) atoms. The van der Waals surface area contributed by atoms with Gasteiger partial charge in [-0.15, -0.1) is 0 Å². The summed E-state index contributed by atoms with van der Waals surface area (Å²) < 4.78 is 45.6. The molecule has 0 heterocycles. The van der Waals surface area contributed by atoms with Gasteiger partial charge in [0.1, 0.15) is 24.2 Å². The molecule has 208 valence electrons. The van der Waals surface area contributed by atoms with Gasteiger partial charge >= 0.3 is 0 Å². The maximum atomic E-state index is 14.0. The molecule has 0 bridgehead atoms. The second kappa shape index (κ2) is 13.2. The Labute approximate surface area is 229 Å². The Balaban J connectivity index is 2.07. The fourth-order valence-corrected chi connectivity index (χ4v) is 4.99. The molecule has 0 aliphatic heterocycles. The maximum Gasteiger partial charge on any atom is 0.244 e. The fraction of sp³-hybridized carbons (Fsp3) is 0.310. The molecular weight excluding hydrogens is 521 g/mol. The zero-order chi connectivity index (χ0) is 28.6. The molecule has 10 heteroatoms. The zero-order valence-corrected chi connectivity index (χ0v) is 23.3. The largest absolute Gasteiger partial charge is 0.497 e. The van der Waals surface area contributed by atoms with Crippen LogP contribution >= 0.6 is 0 Å². The van der Waals surface area contributed by atoms with Gasteiger partial charge in [-0.3, -0.25) is 13.9 Å². The molecule has 0 radical (unpaired) electrons. The molecule has 3 aromatic rings. The predicted molar refractivity (Wildman–Crippen MR) is 149 cm³/mol. The molecule has 0 unspecified atom stereocenters. The summed E-state index contributed by atoms with van der Waals surface area (Å²) in [5.74, 6) is -1.06. The molecule has 3 rings (SSSR count). The standard InChI is InChI=1S/C29H34FN3O5S/c1-21(2)31-29(35)27(17-22-10-6-5-7-11-22)32(19-23-12-8-15-26(16-23)38-3)28(34)20-33(39(4,36)37)25-14-9-13-24(30)18-25/h5-16,18,21,27H,17,19-20H2,1-4H3,(H,31,35)/t27-/m0/s1. The van der Waals surface area contributed by atoms with E-state index < -0.39 is 34.3 Å². The first-order valence-electron chi connectivity index (χ1n) is 12.5. The minimum atomic E-state index is -3.97. The number of hydrogen-bond acceptors (Lipinski definition) is 5. The van der Waals surface area contributed by atoms with Gasteiger partial charge < -0.3 is 15.0 Å². The molecule has 3 aromatic carbocycles. The van der Waals surface area contributed by atoms with Crippen LogP contribution in [0.4, 0.5) is 10.1 Å². The topological polar surface area (TPSA) is 96.0 Å². The van der Waals surface area contributed by atoms with E-state index in [4.69, 9.17) is 4.74 Å². The quantitative estimate of drug-likeness (QED) is 0.367. The molecule has 0 saturated carbocycles. The van der Waals surface area contributed by atoms with Gasteiger partial charge in [-0.05, 0) is 55.3 Å². The molecule has 2 amide bonds. The van der Waals surface area contributed by atoms with Crippen molar-refractivity contribution in [2.75, 3.05) is 24.2 Å². The fourth-order valence-electron chi connectivity index (χ4n) is 4.15. The Bertz CT molecular complexity index is 1380. The summed E-state index contributed by atoms with van der Waals surface area (Å²) in [7, 11) is -2.44. The average Bonchev–Trinajstić information content (AvgIpc) is 2.88. The van der Waals surface area contributed by atoms with Crippen molar-refractivity contribution < 1.29 is 27.1 Å². The normalized spacial score (nSPS) is 12.1. The van der Waals surface area contributed by atoms with Crippen LogP contribution in [-0.2, 0) is 32.6 Å². The maximum absolute atomic E-state index is 14.0. The average molecular weight is 556 g/mol. The number of sulfonamides is 1. The summed E-state index contributed by atoms with van der Waals surface area (Å²) in [5.41, 5.74) is 1.53. The second-order valence-electron chi connectivity index (χ2n) is 9.49. The van der Waals surface area contributed by atoms with Crippen LogP contribution in [0.1, 0.15) is 25.0 Å². The van der Waals surface area contributed by atoms with Crippen molar-refractivity contribution in [3.05, 3.63) is 95.8 Å². The summed E-state index contributed by atoms with van der Waals surface area (Å²) in [6, 6.07) is 20.2. The Morgan fingerprint density at radius 3 is 2.23 bits per heavy atom. The molecule has 1 N–H and O–H groups in total. The Kier molecular flexibility index (Phi) is 10.1. The van der Waals surface area contributed by atoms with Gasteiger partial charge in [-0.25, -0.2) is 12.8 Å². The molecule has 8 nitrogen and oxygen atoms in total. The smallest absolute Gasteiger partial charge is 0.244 e. The van der Waals surface area contributed by atoms with E-state index in [-0.39, 0.29) is 30.6 Å². The first kappa shape index (κ1) is 29.6. The number of benzene rings is 3. The van der Waals surface area contributed by atoms with Gasteiger partial charge in [0, 0.05) is 19.0 Å². The molecular formula is C29H34FN3O5S. The number of rotatable bonds is 12. The number of nitrogens with one attached hydrogen (secondary N) is 1. The molecule has 0 aliphatic rings. The highest BCUT2D eigenvalue weighted by Crippen LogP contribution is 2.22. The number of methoxy groups -OCH3 is 1. The van der Waals surface area contributed by atoms with E-state index in [0.29, 0.717) is 11.3 Å². The van der Waals surface area contributed by atoms with E-state index in [0.717, 1.165) is 22.2 Å². The summed E-state index contributed by atoms with van der Waals surface area (Å²) in [4.78, 5) is 28.8. The van der Waals surface area contributed by atoms with E-state index in [1.165, 1.54) is 30.2 Å². The third kappa shape index (κ3) is 8.54. The molecule has 0 saturated heterocycles. The number of amides is 2. The monoisotopic (exact) mass is 555 g/mol. The van der Waals surface area contributed by atoms with Crippen molar-refractivity contribution >= 4 is 27.5 Å². The van der Waals surface area contributed by atoms with Crippen LogP contribution in [0.25, 0.3) is 0 Å². The molecule has 0 aliphatic carbocycles. The van der Waals surface area contributed by atoms with E-state index in [1.807, 2.05) is 44.2 Å². The molecule has 1 atom stereocenters. The van der Waals surface area contributed by atoms with Crippen LogP contribution in [0.3, 0.4) is 0 Å². The van der Waals surface area contributed by atoms with Crippen molar-refractivity contribution in [2.45, 2.75) is 38.9 Å². The highest BCUT2D eigenvalue weighted by atomic mass is 32.2. The van der Waals surface area contributed by atoms with Crippen molar-refractivity contribution in [3.8, 4) is 5.75 Å². The van der Waals surface area contributed by atoms with Crippen LogP contribution < -0.4 is 14.4 Å². The van der Waals surface area contributed by atoms with Gasteiger partial charge in [0.2, 0.25) is 21.8 Å². The lowest BCUT2D eigenvalue weighted by Crippen LogP contribution is -2.54. The molecule has 0 aromatic heterocycles. The first-order valence-corrected chi connectivity index (χ1v) is 14.3. The van der Waals surface area contributed by atoms with E-state index >= 15 is 0 Å². The van der Waals surface area contributed by atoms with Crippen molar-refractivity contribution in [3.63, 3.8) is 0 Å². The van der Waals surface area contributed by atoms with Crippen molar-refractivity contribution in [2.24, 2.45) is 0 Å². The summed E-state index contributed by atoms with van der Waals surface area (Å²) in [6.45, 7) is 3.04. The second-order valence-corrected chi connectivity index (χ2v) is 11.4. The Hall–Kier alpha value is -3.92. The van der Waals surface area contributed by atoms with Gasteiger partial charge in [0.05, 0.1) is 19.1 Å². The third-order valence-electron chi connectivity index (χ3n) is 5.96. The number of nitrogens with zero attached hydrogens (tertiary/aromatic N) is 2. The number of carbonyl (C=O) groups is 2. The number of carbonyl (C=O) groups excluding carboxylic acids is 2. The van der Waals surface area contributed by atoms with Gasteiger partial charge in [-0.2, -0.15) is 0 Å². The van der Waals surface area contributed by atoms with Gasteiger partial charge in [0.15, 0.2) is 0 Å². The molecule has 0 spiro atoms. The Morgan fingerprint density at radius 1 is 0.949 bits per heavy atom. The highest BCUT2D eigenvalue weighted by Gasteiger charge is 2.33. The third-order valence-corrected chi connectivity index (χ3v) is 7.11. The predicted octanol–water partition coefficient (Wildman–Crippen LogP) is 3.77. The molecule has 0 fully saturated rings. The number of halogens is 1. The van der Waals surface area contributed by atoms with Crippen molar-refractivity contribution in [1.82, 2.24) is 10.2 Å². The van der Waals surface area contributed by atoms with Crippen LogP contribution in [0.5, 0.6) is 5.75 Å². The summed E-state index contributed by atoms with van der Waals surface area (Å²) in [5, 5.41) is 2.89. The van der Waals surface area contributed by atoms with Crippen LogP contribution in [0, 0.1) is 5.82 Å². The number of hydrogen-bond donors (Lipinski definition) is 1. The minimum absolute atomic E-state index is 0.0124. The van der Waals surface area contributed by atoms with Crippen molar-refractivity contribution in [1.29, 1.82) is 0 Å². The lowest BCUT2D eigenvalue weighted by molar-refractivity contribution is -0.140. The Morgan fingerprint density at radius 2 is 1.62 bits per heavy atom. The minimum Gasteiger partial charge on any atom is -0.497 e. The zero-order valence-electron chi connectivity index (χ0n) is 22.5. The van der Waals surface area contributed by atoms with E-state index in [1.54, 1.807) is 24.3 Å². The number of ether oxygens (including phenoxy) is 1. The van der Waals surface area contributed by atoms with Crippen LogP contribution in [0.15, 0.2) is 78.9 Å². The summed E-state index contributed by atoms with van der Waals surface area (Å²) in [6.07, 6.45) is 1.15. The van der Waals surface area contributed by atoms with E-state index in [9.17, 15) is 22.4 Å².